The molecule has 2 aromatic rings. The minimum atomic E-state index is -3.68. The van der Waals surface area contributed by atoms with E-state index in [-0.39, 0.29) is 11.6 Å². The Balaban J connectivity index is 1.99. The molecular formula is C13H18N4O3S. The zero-order valence-electron chi connectivity index (χ0n) is 11.9. The van der Waals surface area contributed by atoms with Gasteiger partial charge < -0.3 is 9.73 Å². The molecule has 2 N–H and O–H groups in total. The first-order chi connectivity index (χ1) is 9.97. The van der Waals surface area contributed by atoms with Gasteiger partial charge in [0.25, 0.3) is 10.0 Å². The van der Waals surface area contributed by atoms with Crippen LogP contribution in [0.15, 0.2) is 40.2 Å². The highest BCUT2D eigenvalue weighted by Gasteiger charge is 2.18. The smallest absolute Gasteiger partial charge is 0.274 e. The van der Waals surface area contributed by atoms with Crippen molar-refractivity contribution in [2.45, 2.75) is 38.1 Å². The van der Waals surface area contributed by atoms with E-state index in [4.69, 9.17) is 4.42 Å². The van der Waals surface area contributed by atoms with Crippen molar-refractivity contribution < 1.29 is 12.8 Å². The normalized spacial score (nSPS) is 12.0. The Morgan fingerprint density at radius 1 is 1.24 bits per heavy atom. The van der Waals surface area contributed by atoms with Gasteiger partial charge in [0.2, 0.25) is 5.09 Å². The van der Waals surface area contributed by atoms with Gasteiger partial charge >= 0.3 is 0 Å². The lowest BCUT2D eigenvalue weighted by atomic mass is 10.3. The zero-order valence-corrected chi connectivity index (χ0v) is 12.7. The van der Waals surface area contributed by atoms with Crippen LogP contribution in [0.2, 0.25) is 0 Å². The van der Waals surface area contributed by atoms with E-state index < -0.39 is 10.0 Å². The molecular weight excluding hydrogens is 292 g/mol. The minimum Gasteiger partial charge on any atom is -0.447 e. The van der Waals surface area contributed by atoms with Gasteiger partial charge in [0, 0.05) is 12.2 Å². The Kier molecular flexibility index (Phi) is 5.05. The number of nitrogens with one attached hydrogen (secondary N) is 2. The fourth-order valence-corrected chi connectivity index (χ4v) is 2.51. The molecule has 0 fully saturated rings. The second kappa shape index (κ2) is 6.79. The van der Waals surface area contributed by atoms with Crippen LogP contribution in [-0.2, 0) is 23.1 Å². The van der Waals surface area contributed by atoms with Crippen LogP contribution in [0.1, 0.15) is 25.3 Å². The van der Waals surface area contributed by atoms with E-state index >= 15 is 0 Å². The zero-order chi connectivity index (χ0) is 15.3. The maximum absolute atomic E-state index is 12.1. The summed E-state index contributed by atoms with van der Waals surface area (Å²) >= 11 is 0. The molecule has 0 radical (unpaired) electrons. The molecule has 0 saturated carbocycles. The lowest BCUT2D eigenvalue weighted by Gasteiger charge is -2.05. The van der Waals surface area contributed by atoms with Crippen molar-refractivity contribution in [3.8, 4) is 0 Å². The van der Waals surface area contributed by atoms with Crippen molar-refractivity contribution in [3.63, 3.8) is 0 Å². The molecule has 0 unspecified atom stereocenters. The van der Waals surface area contributed by atoms with Gasteiger partial charge in [0.15, 0.2) is 0 Å². The Labute approximate surface area is 123 Å². The van der Waals surface area contributed by atoms with Crippen molar-refractivity contribution >= 4 is 10.0 Å². The van der Waals surface area contributed by atoms with Gasteiger partial charge in [-0.05, 0) is 18.2 Å². The van der Waals surface area contributed by atoms with Crippen LogP contribution in [0.4, 0.5) is 0 Å². The molecule has 0 saturated heterocycles. The number of hydrogen-bond acceptors (Lipinski definition) is 6. The summed E-state index contributed by atoms with van der Waals surface area (Å²) in [4.78, 5) is 7.72. The predicted octanol–water partition coefficient (Wildman–Crippen LogP) is 1.05. The number of nitrogens with zero attached hydrogens (tertiary/aromatic N) is 2. The summed E-state index contributed by atoms with van der Waals surface area (Å²) < 4.78 is 32.0. The van der Waals surface area contributed by atoms with E-state index in [2.05, 4.69) is 20.0 Å². The van der Waals surface area contributed by atoms with E-state index in [1.54, 1.807) is 18.3 Å². The van der Waals surface area contributed by atoms with Crippen LogP contribution in [0.3, 0.4) is 0 Å². The van der Waals surface area contributed by atoms with E-state index in [0.717, 1.165) is 0 Å². The molecule has 0 aliphatic heterocycles. The van der Waals surface area contributed by atoms with Gasteiger partial charge in [-0.2, -0.15) is 0 Å². The number of sulfonamides is 1. The molecule has 2 heterocycles. The van der Waals surface area contributed by atoms with Crippen molar-refractivity contribution in [1.82, 2.24) is 20.0 Å². The first-order valence-corrected chi connectivity index (χ1v) is 8.02. The lowest BCUT2D eigenvalue weighted by molar-refractivity contribution is 0.393. The first-order valence-electron chi connectivity index (χ1n) is 6.54. The second-order valence-electron chi connectivity index (χ2n) is 4.78. The summed E-state index contributed by atoms with van der Waals surface area (Å²) in [5.41, 5.74) is 0.585. The van der Waals surface area contributed by atoms with Gasteiger partial charge in [0.05, 0.1) is 18.8 Å². The summed E-state index contributed by atoms with van der Waals surface area (Å²) in [7, 11) is -3.68. The third-order valence-corrected chi connectivity index (χ3v) is 3.95. The van der Waals surface area contributed by atoms with Gasteiger partial charge in [-0.1, -0.05) is 13.8 Å². The summed E-state index contributed by atoms with van der Waals surface area (Å²) in [6, 6.07) is 5.03. The highest BCUT2D eigenvalue weighted by atomic mass is 32.2. The van der Waals surface area contributed by atoms with E-state index in [1.807, 2.05) is 13.8 Å². The number of furan rings is 1. The van der Waals surface area contributed by atoms with Crippen LogP contribution < -0.4 is 10.0 Å². The SMILES string of the molecule is CC(C)NCc1ccc(S(=O)(=O)NCc2ccncn2)o1. The maximum atomic E-state index is 12.1. The molecule has 2 aromatic heterocycles. The molecule has 0 atom stereocenters. The van der Waals surface area contributed by atoms with Crippen LogP contribution in [0.25, 0.3) is 0 Å². The van der Waals surface area contributed by atoms with Gasteiger partial charge in [0.1, 0.15) is 12.1 Å². The molecule has 114 valence electrons. The molecule has 0 bridgehead atoms. The van der Waals surface area contributed by atoms with Crippen LogP contribution in [0.5, 0.6) is 0 Å². The second-order valence-corrected chi connectivity index (χ2v) is 6.48. The molecule has 2 rings (SSSR count). The van der Waals surface area contributed by atoms with Crippen molar-refractivity contribution in [2.75, 3.05) is 0 Å². The molecule has 21 heavy (non-hydrogen) atoms. The third-order valence-electron chi connectivity index (χ3n) is 2.67. The summed E-state index contributed by atoms with van der Waals surface area (Å²) in [5, 5.41) is 3.06. The monoisotopic (exact) mass is 310 g/mol. The Bertz CT molecular complexity index is 668. The Morgan fingerprint density at radius 3 is 2.71 bits per heavy atom. The van der Waals surface area contributed by atoms with Gasteiger partial charge in [-0.25, -0.2) is 23.1 Å². The van der Waals surface area contributed by atoms with Gasteiger partial charge in [-0.3, -0.25) is 0 Å². The topological polar surface area (TPSA) is 97.1 Å². The fraction of sp³-hybridized carbons (Fsp3) is 0.385. The molecule has 0 aliphatic carbocycles. The minimum absolute atomic E-state index is 0.0884. The lowest BCUT2D eigenvalue weighted by Crippen LogP contribution is -2.23. The van der Waals surface area contributed by atoms with Gasteiger partial charge in [-0.15, -0.1) is 0 Å². The van der Waals surface area contributed by atoms with E-state index in [1.165, 1.54) is 12.4 Å². The fourth-order valence-electron chi connectivity index (χ4n) is 1.57. The average Bonchev–Trinajstić information content (AvgIpc) is 2.94. The maximum Gasteiger partial charge on any atom is 0.274 e. The largest absolute Gasteiger partial charge is 0.447 e. The highest BCUT2D eigenvalue weighted by Crippen LogP contribution is 2.14. The van der Waals surface area contributed by atoms with Crippen molar-refractivity contribution in [3.05, 3.63) is 42.2 Å². The van der Waals surface area contributed by atoms with E-state index in [0.29, 0.717) is 24.0 Å². The number of rotatable bonds is 7. The quantitative estimate of drug-likeness (QED) is 0.793. The van der Waals surface area contributed by atoms with E-state index in [9.17, 15) is 8.42 Å². The standard InChI is InChI=1S/C13H18N4O3S/c1-10(2)15-8-12-3-4-13(20-12)21(18,19)17-7-11-5-6-14-9-16-11/h3-6,9-10,15,17H,7-8H2,1-2H3. The van der Waals surface area contributed by atoms with Crippen LogP contribution in [0, 0.1) is 0 Å². The van der Waals surface area contributed by atoms with Crippen LogP contribution >= 0.6 is 0 Å². The predicted molar refractivity (Wildman–Crippen MR) is 76.7 cm³/mol. The summed E-state index contributed by atoms with van der Waals surface area (Å²) in [6.45, 7) is 4.58. The molecule has 0 amide bonds. The summed E-state index contributed by atoms with van der Waals surface area (Å²) in [5.74, 6) is 0.575. The van der Waals surface area contributed by atoms with Crippen LogP contribution in [-0.4, -0.2) is 24.4 Å². The molecule has 0 aliphatic rings. The number of hydrogen-bond donors (Lipinski definition) is 2. The highest BCUT2D eigenvalue weighted by molar-refractivity contribution is 7.89. The molecule has 8 heteroatoms. The molecule has 7 nitrogen and oxygen atoms in total. The third kappa shape index (κ3) is 4.62. The summed E-state index contributed by atoms with van der Waals surface area (Å²) in [6.07, 6.45) is 2.92. The average molecular weight is 310 g/mol. The Morgan fingerprint density at radius 2 is 2.05 bits per heavy atom. The molecule has 0 aromatic carbocycles. The van der Waals surface area contributed by atoms with Crippen molar-refractivity contribution in [1.29, 1.82) is 0 Å². The van der Waals surface area contributed by atoms with Crippen molar-refractivity contribution in [2.24, 2.45) is 0 Å². The number of aromatic nitrogens is 2. The Hall–Kier alpha value is -1.77. The molecule has 0 spiro atoms. The first kappa shape index (κ1) is 15.6.